The molecule has 0 unspecified atom stereocenters. The first-order valence-corrected chi connectivity index (χ1v) is 15.2. The molecule has 0 radical (unpaired) electrons. The van der Waals surface area contributed by atoms with Crippen molar-refractivity contribution in [2.75, 3.05) is 12.4 Å². The van der Waals surface area contributed by atoms with Gasteiger partial charge >= 0.3 is 11.9 Å². The average Bonchev–Trinajstić information content (AvgIpc) is 3.01. The van der Waals surface area contributed by atoms with Gasteiger partial charge in [0.15, 0.2) is 6.10 Å². The lowest BCUT2D eigenvalue weighted by molar-refractivity contribution is -0.249. The van der Waals surface area contributed by atoms with E-state index in [9.17, 15) is 9.59 Å². The minimum Gasteiger partial charge on any atom is -0.481 e. The summed E-state index contributed by atoms with van der Waals surface area (Å²) >= 11 is 1.55. The number of ether oxygens (including phenoxy) is 5. The summed E-state index contributed by atoms with van der Waals surface area (Å²) < 4.78 is 31.5. The number of carboxylic acids is 1. The molecule has 5 atom stereocenters. The SMILES string of the molecule is CCS[C@H]1O[C@H](COCc2ccccc2)[C@@H](OCc2ccccc2)[C@H](OC(=O)CCC(=O)O)[C@@H]1OCc1ccccc1. The van der Waals surface area contributed by atoms with Crippen LogP contribution in [0.3, 0.4) is 0 Å². The van der Waals surface area contributed by atoms with Gasteiger partial charge < -0.3 is 28.8 Å². The normalized spacial score (nSPS) is 22.0. The summed E-state index contributed by atoms with van der Waals surface area (Å²) in [4.78, 5) is 24.1. The molecule has 4 rings (SSSR count). The summed E-state index contributed by atoms with van der Waals surface area (Å²) in [6.07, 6.45) is -3.43. The molecular weight excluding hydrogens is 556 g/mol. The van der Waals surface area contributed by atoms with Gasteiger partial charge in [0.1, 0.15) is 23.7 Å². The van der Waals surface area contributed by atoms with Crippen molar-refractivity contribution in [3.63, 3.8) is 0 Å². The second-order valence-corrected chi connectivity index (χ2v) is 11.2. The third-order valence-electron chi connectivity index (χ3n) is 6.70. The lowest BCUT2D eigenvalue weighted by Gasteiger charge is -2.45. The van der Waals surface area contributed by atoms with E-state index in [1.54, 1.807) is 11.8 Å². The van der Waals surface area contributed by atoms with Gasteiger partial charge in [-0.1, -0.05) is 97.9 Å². The van der Waals surface area contributed by atoms with Crippen molar-refractivity contribution >= 4 is 23.7 Å². The van der Waals surface area contributed by atoms with Crippen molar-refractivity contribution in [1.29, 1.82) is 0 Å². The van der Waals surface area contributed by atoms with Crippen LogP contribution in [0.25, 0.3) is 0 Å². The van der Waals surface area contributed by atoms with Crippen molar-refractivity contribution in [2.24, 2.45) is 0 Å². The van der Waals surface area contributed by atoms with E-state index in [1.807, 2.05) is 97.9 Å². The number of carbonyl (C=O) groups excluding carboxylic acids is 1. The van der Waals surface area contributed by atoms with E-state index >= 15 is 0 Å². The molecule has 8 nitrogen and oxygen atoms in total. The van der Waals surface area contributed by atoms with Crippen LogP contribution in [0.5, 0.6) is 0 Å². The number of esters is 1. The molecule has 1 N–H and O–H groups in total. The Hall–Kier alpha value is -3.21. The zero-order chi connectivity index (χ0) is 29.6. The maximum atomic E-state index is 13.0. The first-order chi connectivity index (χ1) is 20.5. The highest BCUT2D eigenvalue weighted by molar-refractivity contribution is 7.99. The average molecular weight is 595 g/mol. The molecule has 224 valence electrons. The Morgan fingerprint density at radius 2 is 1.26 bits per heavy atom. The Bertz CT molecular complexity index is 1210. The maximum Gasteiger partial charge on any atom is 0.306 e. The second-order valence-electron chi connectivity index (χ2n) is 9.87. The number of hydrogen-bond acceptors (Lipinski definition) is 8. The highest BCUT2D eigenvalue weighted by atomic mass is 32.2. The van der Waals surface area contributed by atoms with Gasteiger partial charge in [0.25, 0.3) is 0 Å². The Morgan fingerprint density at radius 3 is 1.79 bits per heavy atom. The van der Waals surface area contributed by atoms with Crippen LogP contribution in [-0.4, -0.2) is 59.3 Å². The van der Waals surface area contributed by atoms with Gasteiger partial charge in [-0.25, -0.2) is 0 Å². The maximum absolute atomic E-state index is 13.0. The molecule has 0 aliphatic carbocycles. The van der Waals surface area contributed by atoms with E-state index in [2.05, 4.69) is 0 Å². The Kier molecular flexibility index (Phi) is 12.9. The van der Waals surface area contributed by atoms with Crippen molar-refractivity contribution in [2.45, 2.75) is 69.4 Å². The van der Waals surface area contributed by atoms with Crippen LogP contribution < -0.4 is 0 Å². The fraction of sp³-hybridized carbons (Fsp3) is 0.394. The molecule has 1 aliphatic heterocycles. The zero-order valence-electron chi connectivity index (χ0n) is 23.7. The molecule has 1 fully saturated rings. The van der Waals surface area contributed by atoms with Crippen molar-refractivity contribution in [3.05, 3.63) is 108 Å². The van der Waals surface area contributed by atoms with E-state index in [4.69, 9.17) is 28.8 Å². The van der Waals surface area contributed by atoms with Crippen LogP contribution >= 0.6 is 11.8 Å². The minimum atomic E-state index is -1.07. The highest BCUT2D eigenvalue weighted by Crippen LogP contribution is 2.35. The van der Waals surface area contributed by atoms with Crippen LogP contribution in [0.1, 0.15) is 36.5 Å². The third-order valence-corrected chi connectivity index (χ3v) is 7.74. The van der Waals surface area contributed by atoms with E-state index in [-0.39, 0.29) is 32.7 Å². The molecular formula is C33H38O8S. The summed E-state index contributed by atoms with van der Waals surface area (Å²) in [5.74, 6) is -0.961. The lowest BCUT2D eigenvalue weighted by Crippen LogP contribution is -2.60. The van der Waals surface area contributed by atoms with Crippen LogP contribution in [0.2, 0.25) is 0 Å². The molecule has 1 saturated heterocycles. The molecule has 9 heteroatoms. The van der Waals surface area contributed by atoms with E-state index in [0.29, 0.717) is 6.61 Å². The Balaban J connectivity index is 1.60. The first-order valence-electron chi connectivity index (χ1n) is 14.1. The fourth-order valence-electron chi connectivity index (χ4n) is 4.64. The quantitative estimate of drug-likeness (QED) is 0.212. The Morgan fingerprint density at radius 1 is 0.738 bits per heavy atom. The fourth-order valence-corrected chi connectivity index (χ4v) is 5.62. The standard InChI is InChI=1S/C33H38O8S/c1-2-42-33-32(39-22-26-16-10-5-11-17-26)31(41-29(36)19-18-28(34)35)30(38-21-25-14-8-4-9-15-25)27(40-33)23-37-20-24-12-6-3-7-13-24/h3-17,27,30-33H,2,18-23H2,1H3,(H,34,35)/t27-,30-,31+,32+,33-/m1/s1. The molecule has 1 aliphatic rings. The first kappa shape index (κ1) is 31.7. The van der Waals surface area contributed by atoms with Gasteiger partial charge in [-0.05, 0) is 22.4 Å². The van der Waals surface area contributed by atoms with Crippen molar-refractivity contribution in [1.82, 2.24) is 0 Å². The Labute approximate surface area is 251 Å². The van der Waals surface area contributed by atoms with E-state index in [0.717, 1.165) is 22.4 Å². The van der Waals surface area contributed by atoms with Crippen molar-refractivity contribution < 1.29 is 38.4 Å². The van der Waals surface area contributed by atoms with Crippen molar-refractivity contribution in [3.8, 4) is 0 Å². The molecule has 0 spiro atoms. The van der Waals surface area contributed by atoms with E-state index < -0.39 is 41.8 Å². The number of rotatable bonds is 16. The smallest absolute Gasteiger partial charge is 0.306 e. The topological polar surface area (TPSA) is 101 Å². The molecule has 0 bridgehead atoms. The second kappa shape index (κ2) is 17.0. The van der Waals surface area contributed by atoms with Gasteiger partial charge in [0.2, 0.25) is 0 Å². The minimum absolute atomic E-state index is 0.198. The molecule has 0 amide bonds. The molecule has 42 heavy (non-hydrogen) atoms. The molecule has 1 heterocycles. The van der Waals surface area contributed by atoms with Gasteiger partial charge in [0, 0.05) is 0 Å². The van der Waals surface area contributed by atoms with E-state index in [1.165, 1.54) is 0 Å². The summed E-state index contributed by atoms with van der Waals surface area (Å²) in [7, 11) is 0. The number of carbonyl (C=O) groups is 2. The number of benzene rings is 3. The molecule has 3 aromatic rings. The number of thioether (sulfide) groups is 1. The van der Waals surface area contributed by atoms with Crippen LogP contribution in [0, 0.1) is 0 Å². The van der Waals surface area contributed by atoms with Gasteiger partial charge in [-0.3, -0.25) is 9.59 Å². The summed E-state index contributed by atoms with van der Waals surface area (Å²) in [5.41, 5.74) is 2.46. The summed E-state index contributed by atoms with van der Waals surface area (Å²) in [5, 5.41) is 9.14. The highest BCUT2D eigenvalue weighted by Gasteiger charge is 2.50. The zero-order valence-corrected chi connectivity index (χ0v) is 24.5. The molecule has 3 aromatic carbocycles. The van der Waals surface area contributed by atoms with Crippen LogP contribution in [0.4, 0.5) is 0 Å². The number of aliphatic carboxylic acids is 1. The predicted octanol–water partition coefficient (Wildman–Crippen LogP) is 5.63. The predicted molar refractivity (Wildman–Crippen MR) is 160 cm³/mol. The van der Waals surface area contributed by atoms with Gasteiger partial charge in [0.05, 0.1) is 39.3 Å². The summed E-state index contributed by atoms with van der Waals surface area (Å²) in [6, 6.07) is 29.3. The third kappa shape index (κ3) is 9.96. The van der Waals surface area contributed by atoms with Gasteiger partial charge in [-0.2, -0.15) is 0 Å². The largest absolute Gasteiger partial charge is 0.481 e. The molecule has 0 saturated carbocycles. The number of carboxylic acid groups (broad SMARTS) is 1. The van der Waals surface area contributed by atoms with Crippen LogP contribution in [-0.2, 0) is 53.1 Å². The monoisotopic (exact) mass is 594 g/mol. The summed E-state index contributed by atoms with van der Waals surface area (Å²) in [6.45, 7) is 3.14. The number of hydrogen-bond donors (Lipinski definition) is 1. The lowest BCUT2D eigenvalue weighted by atomic mass is 9.99. The molecule has 0 aromatic heterocycles. The van der Waals surface area contributed by atoms with Gasteiger partial charge in [-0.15, -0.1) is 11.8 Å². The van der Waals surface area contributed by atoms with Crippen LogP contribution in [0.15, 0.2) is 91.0 Å².